The van der Waals surface area contributed by atoms with Gasteiger partial charge in [-0.05, 0) is 18.6 Å². The molecular formula is C7H9O6P. The molecule has 0 saturated heterocycles. The summed E-state index contributed by atoms with van der Waals surface area (Å²) in [6.45, 7) is 1.43. The third-order valence-electron chi connectivity index (χ3n) is 1.45. The summed E-state index contributed by atoms with van der Waals surface area (Å²) in [6, 6.07) is 2.14. The lowest BCUT2D eigenvalue weighted by molar-refractivity contribution is 0.276. The van der Waals surface area contributed by atoms with Gasteiger partial charge in [0.25, 0.3) is 0 Å². The van der Waals surface area contributed by atoms with E-state index in [1.54, 1.807) is 0 Å². The maximum atomic E-state index is 10.5. The van der Waals surface area contributed by atoms with Crippen molar-refractivity contribution in [3.63, 3.8) is 0 Å². The largest absolute Gasteiger partial charge is 0.524 e. The van der Waals surface area contributed by atoms with Crippen LogP contribution in [-0.2, 0) is 4.57 Å². The molecule has 6 nitrogen and oxygen atoms in total. The average Bonchev–Trinajstić information content (AvgIpc) is 1.95. The summed E-state index contributed by atoms with van der Waals surface area (Å²) in [5.41, 5.74) is 0.228. The lowest BCUT2D eigenvalue weighted by Gasteiger charge is -2.11. The molecule has 0 bridgehead atoms. The van der Waals surface area contributed by atoms with E-state index in [1.165, 1.54) is 13.0 Å². The van der Waals surface area contributed by atoms with E-state index in [0.29, 0.717) is 0 Å². The monoisotopic (exact) mass is 220 g/mol. The molecule has 0 aliphatic rings. The maximum absolute atomic E-state index is 10.5. The van der Waals surface area contributed by atoms with Gasteiger partial charge in [-0.2, -0.15) is 0 Å². The molecule has 0 atom stereocenters. The number of phosphoric acid groups is 1. The van der Waals surface area contributed by atoms with Crippen LogP contribution in [0.3, 0.4) is 0 Å². The second-order valence-corrected chi connectivity index (χ2v) is 3.86. The van der Waals surface area contributed by atoms with Gasteiger partial charge in [0.05, 0.1) is 0 Å². The average molecular weight is 220 g/mol. The van der Waals surface area contributed by atoms with Crippen molar-refractivity contribution in [1.29, 1.82) is 0 Å². The van der Waals surface area contributed by atoms with Crippen molar-refractivity contribution in [3.8, 4) is 17.2 Å². The molecule has 1 aromatic carbocycles. The second-order valence-electron chi connectivity index (χ2n) is 2.69. The predicted molar refractivity (Wildman–Crippen MR) is 47.2 cm³/mol. The zero-order chi connectivity index (χ0) is 10.9. The molecule has 4 N–H and O–H groups in total. The van der Waals surface area contributed by atoms with Gasteiger partial charge in [-0.15, -0.1) is 0 Å². The van der Waals surface area contributed by atoms with Crippen molar-refractivity contribution in [1.82, 2.24) is 0 Å². The number of benzene rings is 1. The summed E-state index contributed by atoms with van der Waals surface area (Å²) in [7, 11) is -4.70. The Balaban J connectivity index is 3.15. The fraction of sp³-hybridized carbons (Fsp3) is 0.143. The van der Waals surface area contributed by atoms with E-state index in [0.717, 1.165) is 6.07 Å². The number of aromatic hydroxyl groups is 2. The molecule has 0 aliphatic heterocycles. The highest BCUT2D eigenvalue weighted by Gasteiger charge is 2.20. The zero-order valence-electron chi connectivity index (χ0n) is 7.21. The Hall–Kier alpha value is -1.23. The van der Waals surface area contributed by atoms with E-state index in [4.69, 9.17) is 14.9 Å². The van der Waals surface area contributed by atoms with Crippen molar-refractivity contribution in [2.24, 2.45) is 0 Å². The lowest BCUT2D eigenvalue weighted by Crippen LogP contribution is -1.93. The molecule has 1 aromatic rings. The van der Waals surface area contributed by atoms with Gasteiger partial charge in [0.2, 0.25) is 0 Å². The van der Waals surface area contributed by atoms with Gasteiger partial charge in [0, 0.05) is 6.07 Å². The quantitative estimate of drug-likeness (QED) is 0.551. The van der Waals surface area contributed by atoms with E-state index >= 15 is 0 Å². The van der Waals surface area contributed by atoms with E-state index in [-0.39, 0.29) is 17.1 Å². The number of phosphoric ester groups is 1. The van der Waals surface area contributed by atoms with Crippen molar-refractivity contribution < 1.29 is 29.1 Å². The molecule has 0 heterocycles. The zero-order valence-corrected chi connectivity index (χ0v) is 8.10. The van der Waals surface area contributed by atoms with E-state index in [9.17, 15) is 9.67 Å². The Bertz CT molecular complexity index is 372. The standard InChI is InChI=1S/C7H9O6P/c1-4-2-5(8)3-6(9)7(4)13-14(10,11)12/h2-3,8-9H,1H3,(H2,10,11,12). The third kappa shape index (κ3) is 2.63. The molecule has 0 unspecified atom stereocenters. The summed E-state index contributed by atoms with van der Waals surface area (Å²) < 4.78 is 14.7. The number of hydrogen-bond acceptors (Lipinski definition) is 4. The highest BCUT2D eigenvalue weighted by Crippen LogP contribution is 2.44. The SMILES string of the molecule is Cc1cc(O)cc(O)c1OP(=O)(O)O. The lowest BCUT2D eigenvalue weighted by atomic mass is 10.2. The third-order valence-corrected chi connectivity index (χ3v) is 1.87. The second kappa shape index (κ2) is 3.49. The summed E-state index contributed by atoms with van der Waals surface area (Å²) in [5, 5.41) is 18.2. The molecule has 78 valence electrons. The van der Waals surface area contributed by atoms with Crippen molar-refractivity contribution in [2.45, 2.75) is 6.92 Å². The van der Waals surface area contributed by atoms with Crippen LogP contribution in [-0.4, -0.2) is 20.0 Å². The molecule has 14 heavy (non-hydrogen) atoms. The van der Waals surface area contributed by atoms with Crippen LogP contribution in [0.5, 0.6) is 17.2 Å². The van der Waals surface area contributed by atoms with Gasteiger partial charge in [-0.25, -0.2) is 4.57 Å². The number of phenolic OH excluding ortho intramolecular Hbond substituents is 2. The Morgan fingerprint density at radius 2 is 1.86 bits per heavy atom. The highest BCUT2D eigenvalue weighted by molar-refractivity contribution is 7.46. The Labute approximate surface area is 79.6 Å². The van der Waals surface area contributed by atoms with Crippen LogP contribution in [0.4, 0.5) is 0 Å². The summed E-state index contributed by atoms with van der Waals surface area (Å²) in [5.74, 6) is -1.07. The van der Waals surface area contributed by atoms with Gasteiger partial charge in [-0.3, -0.25) is 9.79 Å². The number of hydrogen-bond donors (Lipinski definition) is 4. The fourth-order valence-corrected chi connectivity index (χ4v) is 1.45. The first-order valence-electron chi connectivity index (χ1n) is 3.57. The van der Waals surface area contributed by atoms with Crippen molar-refractivity contribution in [2.75, 3.05) is 0 Å². The van der Waals surface area contributed by atoms with Crippen LogP contribution < -0.4 is 4.52 Å². The molecule has 0 fully saturated rings. The van der Waals surface area contributed by atoms with Crippen molar-refractivity contribution in [3.05, 3.63) is 17.7 Å². The van der Waals surface area contributed by atoms with Gasteiger partial charge in [0.1, 0.15) is 5.75 Å². The number of phenols is 2. The first kappa shape index (κ1) is 10.8. The van der Waals surface area contributed by atoms with Crippen LogP contribution in [0.25, 0.3) is 0 Å². The van der Waals surface area contributed by atoms with Gasteiger partial charge in [-0.1, -0.05) is 0 Å². The summed E-state index contributed by atoms with van der Waals surface area (Å²) in [6.07, 6.45) is 0. The number of aryl methyl sites for hydroxylation is 1. The molecule has 0 radical (unpaired) electrons. The first-order chi connectivity index (χ1) is 6.29. The molecule has 1 rings (SSSR count). The predicted octanol–water partition coefficient (Wildman–Crippen LogP) is 0.878. The molecule has 0 aliphatic carbocycles. The fourth-order valence-electron chi connectivity index (χ4n) is 0.974. The van der Waals surface area contributed by atoms with E-state index in [1.807, 2.05) is 0 Å². The van der Waals surface area contributed by atoms with Crippen LogP contribution in [0.1, 0.15) is 5.56 Å². The molecular weight excluding hydrogens is 211 g/mol. The smallest absolute Gasteiger partial charge is 0.508 e. The minimum absolute atomic E-state index is 0.210. The minimum atomic E-state index is -4.70. The molecule has 0 spiro atoms. The Morgan fingerprint density at radius 1 is 1.29 bits per heavy atom. The van der Waals surface area contributed by atoms with Crippen LogP contribution in [0.15, 0.2) is 12.1 Å². The minimum Gasteiger partial charge on any atom is -0.508 e. The molecule has 0 aromatic heterocycles. The molecule has 7 heteroatoms. The first-order valence-corrected chi connectivity index (χ1v) is 5.10. The van der Waals surface area contributed by atoms with Crippen LogP contribution in [0, 0.1) is 6.92 Å². The van der Waals surface area contributed by atoms with E-state index in [2.05, 4.69) is 4.52 Å². The van der Waals surface area contributed by atoms with Crippen molar-refractivity contribution >= 4 is 7.82 Å². The summed E-state index contributed by atoms with van der Waals surface area (Å²) in [4.78, 5) is 17.0. The normalized spacial score (nSPS) is 11.4. The van der Waals surface area contributed by atoms with Gasteiger partial charge >= 0.3 is 7.82 Å². The van der Waals surface area contributed by atoms with Crippen LogP contribution in [0.2, 0.25) is 0 Å². The topological polar surface area (TPSA) is 107 Å². The Kier molecular flexibility index (Phi) is 2.71. The number of rotatable bonds is 2. The highest BCUT2D eigenvalue weighted by atomic mass is 31.2. The molecule has 0 saturated carbocycles. The maximum Gasteiger partial charge on any atom is 0.524 e. The molecule has 0 amide bonds. The Morgan fingerprint density at radius 3 is 2.29 bits per heavy atom. The summed E-state index contributed by atoms with van der Waals surface area (Å²) >= 11 is 0. The van der Waals surface area contributed by atoms with Gasteiger partial charge in [0.15, 0.2) is 11.5 Å². The van der Waals surface area contributed by atoms with E-state index < -0.39 is 13.6 Å². The van der Waals surface area contributed by atoms with Crippen LogP contribution >= 0.6 is 7.82 Å². The van der Waals surface area contributed by atoms with Gasteiger partial charge < -0.3 is 14.7 Å².